The minimum Gasteiger partial charge on any atom is -0.493 e. The highest BCUT2D eigenvalue weighted by molar-refractivity contribution is 6.09. The fourth-order valence-corrected chi connectivity index (χ4v) is 4.34. The smallest absolute Gasteiger partial charge is 0.325 e. The normalized spacial score (nSPS) is 23.8. The van der Waals surface area contributed by atoms with E-state index >= 15 is 0 Å². The van der Waals surface area contributed by atoms with Crippen LogP contribution in [0.2, 0.25) is 0 Å². The molecule has 0 unspecified atom stereocenters. The van der Waals surface area contributed by atoms with Crippen LogP contribution in [0.3, 0.4) is 0 Å². The molecule has 1 saturated heterocycles. The third-order valence-corrected chi connectivity index (χ3v) is 5.78. The van der Waals surface area contributed by atoms with Gasteiger partial charge in [-0.1, -0.05) is 24.3 Å². The van der Waals surface area contributed by atoms with E-state index in [4.69, 9.17) is 4.74 Å². The second-order valence-electron chi connectivity index (χ2n) is 7.40. The molecule has 4 rings (SSSR count). The lowest BCUT2D eigenvalue weighted by Gasteiger charge is -2.33. The zero-order valence-corrected chi connectivity index (χ0v) is 16.1. The summed E-state index contributed by atoms with van der Waals surface area (Å²) in [5, 5.41) is 2.84. The molecule has 1 aromatic carbocycles. The minimum atomic E-state index is -1.15. The van der Waals surface area contributed by atoms with Gasteiger partial charge in [-0.25, -0.2) is 4.79 Å². The minimum absolute atomic E-state index is 0.225. The highest BCUT2D eigenvalue weighted by Crippen LogP contribution is 2.41. The molecule has 7 nitrogen and oxygen atoms in total. The number of para-hydroxylation sites is 1. The number of imide groups is 1. The maximum absolute atomic E-state index is 13.3. The number of likely N-dealkylation sites (N-methyl/N-ethyl adjacent to an activating group) is 1. The molecule has 4 amide bonds. The van der Waals surface area contributed by atoms with E-state index in [0.717, 1.165) is 36.3 Å². The van der Waals surface area contributed by atoms with Crippen LogP contribution >= 0.6 is 0 Å². The number of rotatable bonds is 4. The molecule has 3 aliphatic rings. The van der Waals surface area contributed by atoms with Gasteiger partial charge in [0.05, 0.1) is 6.61 Å². The summed E-state index contributed by atoms with van der Waals surface area (Å²) in [4.78, 5) is 41.6. The van der Waals surface area contributed by atoms with Crippen LogP contribution in [-0.2, 0) is 15.1 Å². The van der Waals surface area contributed by atoms with E-state index in [1.54, 1.807) is 17.0 Å². The van der Waals surface area contributed by atoms with E-state index in [1.807, 2.05) is 19.1 Å². The number of ether oxygens (including phenoxy) is 1. The number of allylic oxidation sites excluding steroid dienone is 2. The van der Waals surface area contributed by atoms with Crippen LogP contribution in [0.1, 0.15) is 44.6 Å². The molecule has 1 aliphatic carbocycles. The maximum atomic E-state index is 13.3. The van der Waals surface area contributed by atoms with E-state index in [2.05, 4.69) is 11.4 Å². The van der Waals surface area contributed by atoms with Crippen LogP contribution in [0.25, 0.3) is 0 Å². The molecule has 1 spiro atoms. The standard InChI is InChI=1S/C21H25N3O4/c1-2-23(15-8-4-3-5-9-15)18(25)14-24-19(26)21(22-20(24)27)12-13-28-17-11-7-6-10-16(17)21/h6-8,10-11H,2-5,9,12-14H2,1H3,(H,22,27)/t21-/m1/s1. The zero-order valence-electron chi connectivity index (χ0n) is 16.1. The second kappa shape index (κ2) is 7.30. The van der Waals surface area contributed by atoms with Gasteiger partial charge in [0.15, 0.2) is 5.54 Å². The number of nitrogens with zero attached hydrogens (tertiary/aromatic N) is 2. The third kappa shape index (κ3) is 2.95. The van der Waals surface area contributed by atoms with Gasteiger partial charge in [-0.05, 0) is 38.7 Å². The lowest BCUT2D eigenvalue weighted by molar-refractivity contribution is -0.138. The summed E-state index contributed by atoms with van der Waals surface area (Å²) in [7, 11) is 0. The summed E-state index contributed by atoms with van der Waals surface area (Å²) in [6, 6.07) is 6.71. The Bertz CT molecular complexity index is 850. The highest BCUT2D eigenvalue weighted by atomic mass is 16.5. The van der Waals surface area contributed by atoms with E-state index in [9.17, 15) is 14.4 Å². The van der Waals surface area contributed by atoms with Gasteiger partial charge in [0.2, 0.25) is 5.91 Å². The molecular formula is C21H25N3O4. The Morgan fingerprint density at radius 1 is 1.29 bits per heavy atom. The number of fused-ring (bicyclic) bond motifs is 2. The molecule has 0 aromatic heterocycles. The highest BCUT2D eigenvalue weighted by Gasteiger charge is 2.55. The number of urea groups is 1. The van der Waals surface area contributed by atoms with Crippen molar-refractivity contribution in [1.82, 2.24) is 15.1 Å². The Labute approximate surface area is 164 Å². The number of amides is 4. The lowest BCUT2D eigenvalue weighted by Crippen LogP contribution is -2.48. The molecule has 148 valence electrons. The Hall–Kier alpha value is -2.83. The molecule has 1 N–H and O–H groups in total. The van der Waals surface area contributed by atoms with Crippen LogP contribution in [-0.4, -0.2) is 47.3 Å². The maximum Gasteiger partial charge on any atom is 0.325 e. The van der Waals surface area contributed by atoms with E-state index in [0.29, 0.717) is 30.9 Å². The van der Waals surface area contributed by atoms with Crippen LogP contribution < -0.4 is 10.1 Å². The van der Waals surface area contributed by atoms with E-state index < -0.39 is 11.6 Å². The van der Waals surface area contributed by atoms with Crippen molar-refractivity contribution in [2.45, 2.75) is 44.6 Å². The summed E-state index contributed by atoms with van der Waals surface area (Å²) in [5.41, 5.74) is 0.502. The average Bonchev–Trinajstić information content (AvgIpc) is 2.94. The van der Waals surface area contributed by atoms with Crippen LogP contribution in [0, 0.1) is 0 Å². The first-order valence-corrected chi connectivity index (χ1v) is 9.92. The molecule has 0 bridgehead atoms. The number of hydrogen-bond donors (Lipinski definition) is 1. The van der Waals surface area contributed by atoms with Crippen molar-refractivity contribution in [3.63, 3.8) is 0 Å². The van der Waals surface area contributed by atoms with Crippen LogP contribution in [0.15, 0.2) is 36.0 Å². The molecule has 7 heteroatoms. The Kier molecular flexibility index (Phi) is 4.83. The molecular weight excluding hydrogens is 358 g/mol. The SMILES string of the molecule is CCN(C(=O)CN1C(=O)N[C@@]2(CCOc3ccccc32)C1=O)C1=CCCCC1. The van der Waals surface area contributed by atoms with Gasteiger partial charge < -0.3 is 15.0 Å². The predicted octanol–water partition coefficient (Wildman–Crippen LogP) is 2.52. The van der Waals surface area contributed by atoms with Gasteiger partial charge >= 0.3 is 6.03 Å². The summed E-state index contributed by atoms with van der Waals surface area (Å²) in [6.07, 6.45) is 6.44. The van der Waals surface area contributed by atoms with Gasteiger partial charge in [-0.15, -0.1) is 0 Å². The van der Waals surface area contributed by atoms with Crippen molar-refractivity contribution in [3.8, 4) is 5.75 Å². The molecule has 0 saturated carbocycles. The first kappa shape index (κ1) is 18.5. The molecule has 1 atom stereocenters. The van der Waals surface area contributed by atoms with Crippen molar-refractivity contribution in [2.75, 3.05) is 19.7 Å². The van der Waals surface area contributed by atoms with Crippen LogP contribution in [0.4, 0.5) is 4.79 Å². The predicted molar refractivity (Wildman–Crippen MR) is 102 cm³/mol. The van der Waals surface area contributed by atoms with Gasteiger partial charge in [-0.3, -0.25) is 14.5 Å². The van der Waals surface area contributed by atoms with Crippen molar-refractivity contribution in [3.05, 3.63) is 41.6 Å². The Balaban J connectivity index is 1.57. The molecule has 1 aromatic rings. The topological polar surface area (TPSA) is 79.0 Å². The summed E-state index contributed by atoms with van der Waals surface area (Å²) in [5.74, 6) is -0.00931. The van der Waals surface area contributed by atoms with Crippen molar-refractivity contribution in [1.29, 1.82) is 0 Å². The number of benzene rings is 1. The summed E-state index contributed by atoms with van der Waals surface area (Å²) >= 11 is 0. The fourth-order valence-electron chi connectivity index (χ4n) is 4.34. The summed E-state index contributed by atoms with van der Waals surface area (Å²) in [6.45, 7) is 2.52. The largest absolute Gasteiger partial charge is 0.493 e. The van der Waals surface area contributed by atoms with E-state index in [-0.39, 0.29) is 18.4 Å². The molecule has 2 heterocycles. The van der Waals surface area contributed by atoms with Gasteiger partial charge in [0, 0.05) is 24.2 Å². The number of hydrogen-bond acceptors (Lipinski definition) is 4. The Morgan fingerprint density at radius 3 is 2.86 bits per heavy atom. The first-order valence-electron chi connectivity index (χ1n) is 9.92. The van der Waals surface area contributed by atoms with Gasteiger partial charge in [0.1, 0.15) is 12.3 Å². The van der Waals surface area contributed by atoms with Crippen molar-refractivity contribution < 1.29 is 19.1 Å². The van der Waals surface area contributed by atoms with Crippen LogP contribution in [0.5, 0.6) is 5.75 Å². The molecule has 2 aliphatic heterocycles. The fraction of sp³-hybridized carbons (Fsp3) is 0.476. The Morgan fingerprint density at radius 2 is 2.11 bits per heavy atom. The van der Waals surface area contributed by atoms with Gasteiger partial charge in [-0.2, -0.15) is 0 Å². The van der Waals surface area contributed by atoms with Gasteiger partial charge in [0.25, 0.3) is 5.91 Å². The lowest BCUT2D eigenvalue weighted by atomic mass is 9.84. The molecule has 0 radical (unpaired) electrons. The number of nitrogens with one attached hydrogen (secondary N) is 1. The van der Waals surface area contributed by atoms with Crippen molar-refractivity contribution >= 4 is 17.8 Å². The second-order valence-corrected chi connectivity index (χ2v) is 7.40. The average molecular weight is 383 g/mol. The van der Waals surface area contributed by atoms with Crippen molar-refractivity contribution in [2.24, 2.45) is 0 Å². The summed E-state index contributed by atoms with van der Waals surface area (Å²) < 4.78 is 5.64. The third-order valence-electron chi connectivity index (χ3n) is 5.78. The number of carbonyl (C=O) groups is 3. The van der Waals surface area contributed by atoms with E-state index in [1.165, 1.54) is 0 Å². The molecule has 1 fully saturated rings. The molecule has 28 heavy (non-hydrogen) atoms. The quantitative estimate of drug-likeness (QED) is 0.811. The first-order chi connectivity index (χ1) is 13.6. The monoisotopic (exact) mass is 383 g/mol. The number of carbonyl (C=O) groups excluding carboxylic acids is 3. The zero-order chi connectivity index (χ0) is 19.7.